The lowest BCUT2D eigenvalue weighted by atomic mass is 9.88. The fourth-order valence-corrected chi connectivity index (χ4v) is 5.34. The summed E-state index contributed by atoms with van der Waals surface area (Å²) < 4.78 is 40.8. The zero-order chi connectivity index (χ0) is 15.9. The molecule has 2 rings (SSSR count). The van der Waals surface area contributed by atoms with E-state index in [9.17, 15) is 12.8 Å². The van der Waals surface area contributed by atoms with E-state index in [2.05, 4.69) is 15.9 Å². The number of halogens is 2. The van der Waals surface area contributed by atoms with Crippen LogP contribution in [0.15, 0.2) is 21.5 Å². The fourth-order valence-electron chi connectivity index (χ4n) is 2.87. The van der Waals surface area contributed by atoms with Crippen molar-refractivity contribution in [2.75, 3.05) is 12.3 Å². The first-order chi connectivity index (χ1) is 9.64. The highest BCUT2D eigenvalue weighted by Crippen LogP contribution is 2.34. The van der Waals surface area contributed by atoms with E-state index in [-0.39, 0.29) is 32.9 Å². The molecule has 0 aromatic heterocycles. The van der Waals surface area contributed by atoms with E-state index in [0.29, 0.717) is 6.54 Å². The minimum atomic E-state index is -3.74. The molecule has 1 aliphatic rings. The number of rotatable bonds is 2. The molecule has 0 radical (unpaired) electrons. The first kappa shape index (κ1) is 16.7. The summed E-state index contributed by atoms with van der Waals surface area (Å²) in [7, 11) is -3.74. The molecule has 3 unspecified atom stereocenters. The second-order valence-electron chi connectivity index (χ2n) is 5.94. The van der Waals surface area contributed by atoms with Crippen LogP contribution in [-0.4, -0.2) is 25.3 Å². The average Bonchev–Trinajstić information content (AvgIpc) is 2.37. The van der Waals surface area contributed by atoms with Gasteiger partial charge in [-0.15, -0.1) is 0 Å². The van der Waals surface area contributed by atoms with E-state index in [4.69, 9.17) is 5.73 Å². The Hall–Kier alpha value is -0.660. The van der Waals surface area contributed by atoms with Crippen LogP contribution in [0.1, 0.15) is 27.2 Å². The molecule has 118 valence electrons. The molecule has 0 aliphatic carbocycles. The van der Waals surface area contributed by atoms with Crippen molar-refractivity contribution in [2.24, 2.45) is 11.8 Å². The van der Waals surface area contributed by atoms with Gasteiger partial charge in [0, 0.05) is 12.6 Å². The van der Waals surface area contributed by atoms with Crippen LogP contribution in [0.3, 0.4) is 0 Å². The van der Waals surface area contributed by atoms with Gasteiger partial charge in [-0.25, -0.2) is 12.8 Å². The average molecular weight is 379 g/mol. The summed E-state index contributed by atoms with van der Waals surface area (Å²) in [6, 6.07) is 2.18. The summed E-state index contributed by atoms with van der Waals surface area (Å²) in [5.74, 6) is -0.00962. The van der Waals surface area contributed by atoms with Gasteiger partial charge in [-0.05, 0) is 53.2 Å². The molecule has 1 aliphatic heterocycles. The third-order valence-electron chi connectivity index (χ3n) is 4.18. The number of anilines is 1. The number of nitrogens with zero attached hydrogens (tertiary/aromatic N) is 1. The first-order valence-electron chi connectivity index (χ1n) is 6.91. The van der Waals surface area contributed by atoms with Crippen LogP contribution < -0.4 is 5.73 Å². The minimum Gasteiger partial charge on any atom is -0.398 e. The standard InChI is InChI=1S/C14H20BrFN2O2S/c1-8-4-9(2)10(3)18(7-8)21(19,20)14-5-11(15)12(16)6-13(14)17/h5-6,8-10H,4,7,17H2,1-3H3. The number of nitrogen functional groups attached to an aromatic ring is 1. The van der Waals surface area contributed by atoms with Gasteiger partial charge in [-0.1, -0.05) is 13.8 Å². The summed E-state index contributed by atoms with van der Waals surface area (Å²) >= 11 is 3.02. The molecular formula is C14H20BrFN2O2S. The maximum atomic E-state index is 13.5. The summed E-state index contributed by atoms with van der Waals surface area (Å²) in [5.41, 5.74) is 5.67. The highest BCUT2D eigenvalue weighted by Gasteiger charge is 2.38. The molecule has 1 aromatic rings. The SMILES string of the molecule is CC1CC(C)C(C)N(S(=O)(=O)c2cc(Br)c(F)cc2N)C1. The largest absolute Gasteiger partial charge is 0.398 e. The zero-order valence-corrected chi connectivity index (χ0v) is 14.7. The highest BCUT2D eigenvalue weighted by molar-refractivity contribution is 9.10. The van der Waals surface area contributed by atoms with E-state index in [1.807, 2.05) is 20.8 Å². The maximum absolute atomic E-state index is 13.5. The minimum absolute atomic E-state index is 0.0380. The van der Waals surface area contributed by atoms with Gasteiger partial charge in [0.2, 0.25) is 10.0 Å². The van der Waals surface area contributed by atoms with Crippen molar-refractivity contribution in [3.05, 3.63) is 22.4 Å². The van der Waals surface area contributed by atoms with E-state index in [0.717, 1.165) is 12.5 Å². The number of benzene rings is 1. The lowest BCUT2D eigenvalue weighted by Gasteiger charge is -2.40. The predicted octanol–water partition coefficient (Wildman–Crippen LogP) is 3.23. The van der Waals surface area contributed by atoms with E-state index >= 15 is 0 Å². The van der Waals surface area contributed by atoms with Gasteiger partial charge >= 0.3 is 0 Å². The van der Waals surface area contributed by atoms with E-state index in [1.54, 1.807) is 0 Å². The number of sulfonamides is 1. The van der Waals surface area contributed by atoms with Gasteiger partial charge < -0.3 is 5.73 Å². The molecule has 1 fully saturated rings. The summed E-state index contributed by atoms with van der Waals surface area (Å²) in [6.45, 7) is 6.45. The van der Waals surface area contributed by atoms with Crippen molar-refractivity contribution in [2.45, 2.75) is 38.1 Å². The molecule has 4 nitrogen and oxygen atoms in total. The van der Waals surface area contributed by atoms with Gasteiger partial charge in [0.25, 0.3) is 0 Å². The van der Waals surface area contributed by atoms with Gasteiger partial charge in [-0.3, -0.25) is 0 Å². The molecule has 3 atom stereocenters. The van der Waals surface area contributed by atoms with Gasteiger partial charge in [0.05, 0.1) is 10.2 Å². The third kappa shape index (κ3) is 3.10. The quantitative estimate of drug-likeness (QED) is 0.803. The van der Waals surface area contributed by atoms with Crippen molar-refractivity contribution in [1.29, 1.82) is 0 Å². The fraction of sp³-hybridized carbons (Fsp3) is 0.571. The lowest BCUT2D eigenvalue weighted by molar-refractivity contribution is 0.157. The van der Waals surface area contributed by atoms with Gasteiger partial charge in [0.1, 0.15) is 10.7 Å². The molecule has 0 saturated carbocycles. The predicted molar refractivity (Wildman–Crippen MR) is 84.8 cm³/mol. The van der Waals surface area contributed by atoms with Crippen LogP contribution in [0.5, 0.6) is 0 Å². The Kier molecular flexibility index (Phi) is 4.66. The Bertz CT molecular complexity index is 651. The van der Waals surface area contributed by atoms with Crippen molar-refractivity contribution in [3.63, 3.8) is 0 Å². The Morgan fingerprint density at radius 1 is 1.33 bits per heavy atom. The van der Waals surface area contributed by atoms with Crippen LogP contribution in [0, 0.1) is 17.7 Å². The van der Waals surface area contributed by atoms with Crippen molar-refractivity contribution in [3.8, 4) is 0 Å². The smallest absolute Gasteiger partial charge is 0.245 e. The van der Waals surface area contributed by atoms with Crippen LogP contribution in [-0.2, 0) is 10.0 Å². The molecule has 0 spiro atoms. The zero-order valence-electron chi connectivity index (χ0n) is 12.3. The highest BCUT2D eigenvalue weighted by atomic mass is 79.9. The lowest BCUT2D eigenvalue weighted by Crippen LogP contribution is -2.48. The Balaban J connectivity index is 2.49. The molecule has 0 bridgehead atoms. The second-order valence-corrected chi connectivity index (χ2v) is 8.65. The number of hydrogen-bond donors (Lipinski definition) is 1. The van der Waals surface area contributed by atoms with Crippen LogP contribution >= 0.6 is 15.9 Å². The Morgan fingerprint density at radius 3 is 2.57 bits per heavy atom. The molecular weight excluding hydrogens is 359 g/mol. The summed E-state index contributed by atoms with van der Waals surface area (Å²) in [4.78, 5) is -0.0380. The van der Waals surface area contributed by atoms with Crippen LogP contribution in [0.2, 0.25) is 0 Å². The van der Waals surface area contributed by atoms with Gasteiger partial charge in [0.15, 0.2) is 0 Å². The van der Waals surface area contributed by atoms with Crippen LogP contribution in [0.25, 0.3) is 0 Å². The van der Waals surface area contributed by atoms with Crippen molar-refractivity contribution in [1.82, 2.24) is 4.31 Å². The molecule has 2 N–H and O–H groups in total. The summed E-state index contributed by atoms with van der Waals surface area (Å²) in [5, 5.41) is 0. The monoisotopic (exact) mass is 378 g/mol. The number of nitrogens with two attached hydrogens (primary N) is 1. The molecule has 1 aromatic carbocycles. The van der Waals surface area contributed by atoms with Crippen molar-refractivity contribution < 1.29 is 12.8 Å². The first-order valence-corrected chi connectivity index (χ1v) is 9.14. The maximum Gasteiger partial charge on any atom is 0.245 e. The van der Waals surface area contributed by atoms with Gasteiger partial charge in [-0.2, -0.15) is 4.31 Å². The number of piperidine rings is 1. The molecule has 1 saturated heterocycles. The number of hydrogen-bond acceptors (Lipinski definition) is 3. The topological polar surface area (TPSA) is 63.4 Å². The third-order valence-corrected chi connectivity index (χ3v) is 6.80. The molecule has 21 heavy (non-hydrogen) atoms. The second kappa shape index (κ2) is 5.85. The van der Waals surface area contributed by atoms with Crippen molar-refractivity contribution >= 4 is 31.6 Å². The van der Waals surface area contributed by atoms with E-state index in [1.165, 1.54) is 10.4 Å². The van der Waals surface area contributed by atoms with Crippen LogP contribution in [0.4, 0.5) is 10.1 Å². The molecule has 1 heterocycles. The Labute approximate surface area is 133 Å². The summed E-state index contributed by atoms with van der Waals surface area (Å²) in [6.07, 6.45) is 0.996. The normalized spacial score (nSPS) is 27.8. The Morgan fingerprint density at radius 2 is 1.95 bits per heavy atom. The molecule has 0 amide bonds. The van der Waals surface area contributed by atoms with E-state index < -0.39 is 15.8 Å². The molecule has 7 heteroatoms.